The molecule has 1 aromatic heterocycles. The summed E-state index contributed by atoms with van der Waals surface area (Å²) in [6.07, 6.45) is -1.54. The van der Waals surface area contributed by atoms with E-state index in [4.69, 9.17) is 19.4 Å². The van der Waals surface area contributed by atoms with Gasteiger partial charge in [0, 0.05) is 31.4 Å². The van der Waals surface area contributed by atoms with E-state index in [-0.39, 0.29) is 0 Å². The first-order chi connectivity index (χ1) is 14.2. The number of carbonyl (C=O) groups is 1. The topological polar surface area (TPSA) is 71.9 Å². The second-order valence-corrected chi connectivity index (χ2v) is 7.81. The molecule has 1 saturated heterocycles. The van der Waals surface area contributed by atoms with E-state index in [1.165, 1.54) is 5.69 Å². The highest BCUT2D eigenvalue weighted by Crippen LogP contribution is 2.22. The number of aromatic nitrogens is 1. The van der Waals surface area contributed by atoms with Crippen molar-refractivity contribution in [3.63, 3.8) is 0 Å². The maximum Gasteiger partial charge on any atom is 0.490 e. The number of hydrogen-bond acceptors (Lipinski definition) is 6. The highest BCUT2D eigenvalue weighted by molar-refractivity contribution is 7.09. The Morgan fingerprint density at radius 3 is 2.27 bits per heavy atom. The molecule has 1 fully saturated rings. The average molecular weight is 446 g/mol. The van der Waals surface area contributed by atoms with Crippen LogP contribution in [0, 0.1) is 6.92 Å². The van der Waals surface area contributed by atoms with E-state index >= 15 is 0 Å². The van der Waals surface area contributed by atoms with Crippen LogP contribution in [0.25, 0.3) is 0 Å². The standard InChI is InChI=1S/C18H24N2O2S.C2HF3O2/c1-14-19-15(13-23-14)7-10-20-11-8-18(9-12-20)22-17-5-3-16(21-2)4-6-17;3-2(4,5)1(6)7/h3-6,13,18H,7-12H2,1-2H3;(H,6,7). The van der Waals surface area contributed by atoms with Gasteiger partial charge in [-0.05, 0) is 44.0 Å². The first-order valence-electron chi connectivity index (χ1n) is 9.41. The summed E-state index contributed by atoms with van der Waals surface area (Å²) in [6, 6.07) is 7.85. The Bertz CT molecular complexity index is 788. The second-order valence-electron chi connectivity index (χ2n) is 6.75. The fraction of sp³-hybridized carbons (Fsp3) is 0.500. The van der Waals surface area contributed by atoms with Crippen molar-refractivity contribution in [2.45, 2.75) is 38.5 Å². The molecule has 1 N–H and O–H groups in total. The fourth-order valence-corrected chi connectivity index (χ4v) is 3.54. The van der Waals surface area contributed by atoms with Gasteiger partial charge in [-0.25, -0.2) is 9.78 Å². The van der Waals surface area contributed by atoms with Crippen LogP contribution in [0.2, 0.25) is 0 Å². The Morgan fingerprint density at radius 1 is 1.23 bits per heavy atom. The van der Waals surface area contributed by atoms with Crippen LogP contribution in [0.5, 0.6) is 11.5 Å². The maximum atomic E-state index is 10.6. The molecule has 0 bridgehead atoms. The molecule has 0 spiro atoms. The van der Waals surface area contributed by atoms with Crippen LogP contribution in [0.15, 0.2) is 29.6 Å². The number of aryl methyl sites for hydroxylation is 1. The molecule has 0 atom stereocenters. The molecule has 166 valence electrons. The summed E-state index contributed by atoms with van der Waals surface area (Å²) in [5.74, 6) is -0.959. The molecule has 30 heavy (non-hydrogen) atoms. The zero-order chi connectivity index (χ0) is 22.1. The van der Waals surface area contributed by atoms with Crippen molar-refractivity contribution in [1.29, 1.82) is 0 Å². The first-order valence-corrected chi connectivity index (χ1v) is 10.3. The minimum atomic E-state index is -5.08. The summed E-state index contributed by atoms with van der Waals surface area (Å²) < 4.78 is 43.0. The molecule has 0 amide bonds. The third-order valence-electron chi connectivity index (χ3n) is 4.49. The van der Waals surface area contributed by atoms with Gasteiger partial charge in [-0.3, -0.25) is 0 Å². The van der Waals surface area contributed by atoms with Gasteiger partial charge in [0.25, 0.3) is 0 Å². The summed E-state index contributed by atoms with van der Waals surface area (Å²) in [7, 11) is 1.68. The SMILES string of the molecule is COc1ccc(OC2CCN(CCc3csc(C)n3)CC2)cc1.O=C(O)C(F)(F)F. The molecule has 3 rings (SSSR count). The Hall–Kier alpha value is -2.33. The Morgan fingerprint density at radius 2 is 1.80 bits per heavy atom. The summed E-state index contributed by atoms with van der Waals surface area (Å²) in [4.78, 5) is 15.9. The monoisotopic (exact) mass is 446 g/mol. The second kappa shape index (κ2) is 11.2. The molecular weight excluding hydrogens is 421 g/mol. The zero-order valence-electron chi connectivity index (χ0n) is 16.8. The quantitative estimate of drug-likeness (QED) is 0.718. The number of rotatable bonds is 6. The van der Waals surface area contributed by atoms with E-state index in [2.05, 4.69) is 22.2 Å². The van der Waals surface area contributed by atoms with Crippen molar-refractivity contribution in [1.82, 2.24) is 9.88 Å². The highest BCUT2D eigenvalue weighted by atomic mass is 32.1. The molecular formula is C20H25F3N2O4S. The van der Waals surface area contributed by atoms with E-state index in [9.17, 15) is 13.2 Å². The number of methoxy groups -OCH3 is 1. The van der Waals surface area contributed by atoms with E-state index in [1.807, 2.05) is 24.3 Å². The summed E-state index contributed by atoms with van der Waals surface area (Å²) in [5.41, 5.74) is 1.23. The molecule has 0 aliphatic carbocycles. The van der Waals surface area contributed by atoms with Gasteiger partial charge in [0.15, 0.2) is 0 Å². The van der Waals surface area contributed by atoms with Crippen molar-refractivity contribution >= 4 is 17.3 Å². The number of benzene rings is 1. The number of piperidine rings is 1. The molecule has 2 aromatic rings. The molecule has 1 aliphatic rings. The van der Waals surface area contributed by atoms with E-state index in [0.29, 0.717) is 6.10 Å². The molecule has 0 unspecified atom stereocenters. The van der Waals surface area contributed by atoms with Crippen LogP contribution in [-0.2, 0) is 11.2 Å². The molecule has 2 heterocycles. The zero-order valence-corrected chi connectivity index (χ0v) is 17.6. The van der Waals surface area contributed by atoms with Crippen molar-refractivity contribution in [2.75, 3.05) is 26.7 Å². The maximum absolute atomic E-state index is 10.6. The number of aliphatic carboxylic acids is 1. The number of halogens is 3. The van der Waals surface area contributed by atoms with Crippen LogP contribution in [0.4, 0.5) is 13.2 Å². The third kappa shape index (κ3) is 8.19. The number of thiazole rings is 1. The van der Waals surface area contributed by atoms with Gasteiger partial charge in [0.2, 0.25) is 0 Å². The average Bonchev–Trinajstić information content (AvgIpc) is 3.13. The largest absolute Gasteiger partial charge is 0.497 e. The Labute approximate surface area is 177 Å². The van der Waals surface area contributed by atoms with Gasteiger partial charge in [-0.15, -0.1) is 11.3 Å². The fourth-order valence-electron chi connectivity index (χ4n) is 2.89. The van der Waals surface area contributed by atoms with Crippen molar-refractivity contribution in [2.24, 2.45) is 0 Å². The van der Waals surface area contributed by atoms with Crippen molar-refractivity contribution in [3.05, 3.63) is 40.3 Å². The lowest BCUT2D eigenvalue weighted by Gasteiger charge is -2.32. The van der Waals surface area contributed by atoms with Crippen LogP contribution in [-0.4, -0.2) is 60.0 Å². The highest BCUT2D eigenvalue weighted by Gasteiger charge is 2.38. The lowest BCUT2D eigenvalue weighted by atomic mass is 10.1. The summed E-state index contributed by atoms with van der Waals surface area (Å²) in [6.45, 7) is 5.36. The minimum absolute atomic E-state index is 0.321. The summed E-state index contributed by atoms with van der Waals surface area (Å²) in [5, 5.41) is 10.5. The third-order valence-corrected chi connectivity index (χ3v) is 5.31. The number of nitrogens with zero attached hydrogens (tertiary/aromatic N) is 2. The first kappa shape index (κ1) is 23.9. The number of carboxylic acids is 1. The van der Waals surface area contributed by atoms with Crippen LogP contribution < -0.4 is 9.47 Å². The molecule has 0 saturated carbocycles. The number of likely N-dealkylation sites (tertiary alicyclic amines) is 1. The van der Waals surface area contributed by atoms with Gasteiger partial charge in [0.1, 0.15) is 17.6 Å². The van der Waals surface area contributed by atoms with Gasteiger partial charge in [-0.1, -0.05) is 0 Å². The number of ether oxygens (including phenoxy) is 2. The van der Waals surface area contributed by atoms with Crippen molar-refractivity contribution < 1.29 is 32.5 Å². The normalized spacial score (nSPS) is 15.2. The van der Waals surface area contributed by atoms with Crippen molar-refractivity contribution in [3.8, 4) is 11.5 Å². The minimum Gasteiger partial charge on any atom is -0.497 e. The molecule has 6 nitrogen and oxygen atoms in total. The lowest BCUT2D eigenvalue weighted by Crippen LogP contribution is -2.39. The molecule has 1 aromatic carbocycles. The molecule has 1 aliphatic heterocycles. The number of carboxylic acid groups (broad SMARTS) is 1. The van der Waals surface area contributed by atoms with Gasteiger partial charge >= 0.3 is 12.1 Å². The van der Waals surface area contributed by atoms with E-state index in [1.54, 1.807) is 18.4 Å². The van der Waals surface area contributed by atoms with Gasteiger partial charge < -0.3 is 19.5 Å². The van der Waals surface area contributed by atoms with Crippen LogP contribution in [0.1, 0.15) is 23.5 Å². The van der Waals surface area contributed by atoms with E-state index < -0.39 is 12.1 Å². The van der Waals surface area contributed by atoms with Crippen LogP contribution >= 0.6 is 11.3 Å². The van der Waals surface area contributed by atoms with Crippen LogP contribution in [0.3, 0.4) is 0 Å². The predicted molar refractivity (Wildman–Crippen MR) is 107 cm³/mol. The Kier molecular flexibility index (Phi) is 8.91. The van der Waals surface area contributed by atoms with E-state index in [0.717, 1.165) is 55.4 Å². The summed E-state index contributed by atoms with van der Waals surface area (Å²) >= 11 is 1.74. The Balaban J connectivity index is 0.000000396. The predicted octanol–water partition coefficient (Wildman–Crippen LogP) is 4.18. The number of alkyl halides is 3. The molecule has 0 radical (unpaired) electrons. The smallest absolute Gasteiger partial charge is 0.490 e. The molecule has 10 heteroatoms. The lowest BCUT2D eigenvalue weighted by molar-refractivity contribution is -0.192. The number of hydrogen-bond donors (Lipinski definition) is 1. The van der Waals surface area contributed by atoms with Gasteiger partial charge in [-0.2, -0.15) is 13.2 Å². The van der Waals surface area contributed by atoms with Gasteiger partial charge in [0.05, 0.1) is 17.8 Å².